The highest BCUT2D eigenvalue weighted by atomic mass is 16.6. The largest absolute Gasteiger partial charge is 0.455 e. The van der Waals surface area contributed by atoms with Crippen molar-refractivity contribution in [3.8, 4) is 0 Å². The van der Waals surface area contributed by atoms with Crippen LogP contribution in [0, 0.1) is 5.41 Å². The van der Waals surface area contributed by atoms with Gasteiger partial charge in [-0.15, -0.1) is 0 Å². The Kier molecular flexibility index (Phi) is 7.51. The molecule has 0 fully saturated rings. The maximum absolute atomic E-state index is 11.2. The van der Waals surface area contributed by atoms with Crippen LogP contribution in [0.1, 0.15) is 86.5 Å². The Morgan fingerprint density at radius 2 is 2.04 bits per heavy atom. The van der Waals surface area contributed by atoms with Crippen LogP contribution in [0.3, 0.4) is 0 Å². The van der Waals surface area contributed by atoms with E-state index in [1.54, 1.807) is 17.2 Å². The Hall–Kier alpha value is -1.31. The first-order valence-corrected chi connectivity index (χ1v) is 9.27. The topological polar surface area (TPSA) is 26.3 Å². The van der Waals surface area contributed by atoms with Crippen molar-refractivity contribution in [1.29, 1.82) is 0 Å². The third kappa shape index (κ3) is 6.30. The fourth-order valence-electron chi connectivity index (χ4n) is 3.78. The van der Waals surface area contributed by atoms with Gasteiger partial charge in [-0.1, -0.05) is 43.2 Å². The third-order valence-corrected chi connectivity index (χ3v) is 5.40. The summed E-state index contributed by atoms with van der Waals surface area (Å²) in [5.41, 5.74) is 4.49. The molecule has 0 spiro atoms. The summed E-state index contributed by atoms with van der Waals surface area (Å²) in [6.07, 6.45) is 11.9. The van der Waals surface area contributed by atoms with Crippen molar-refractivity contribution in [3.05, 3.63) is 35.5 Å². The predicted molar refractivity (Wildman–Crippen MR) is 103 cm³/mol. The summed E-state index contributed by atoms with van der Waals surface area (Å²) >= 11 is 0. The van der Waals surface area contributed by atoms with E-state index in [9.17, 15) is 4.79 Å². The number of carbonyl (C=O) groups is 1. The summed E-state index contributed by atoms with van der Waals surface area (Å²) in [6, 6.07) is 0. The van der Waals surface area contributed by atoms with E-state index in [1.165, 1.54) is 38.2 Å². The molecule has 136 valence electrons. The molecule has 2 heteroatoms. The Morgan fingerprint density at radius 1 is 1.38 bits per heavy atom. The fraction of sp³-hybridized carbons (Fsp3) is 0.682. The van der Waals surface area contributed by atoms with Crippen molar-refractivity contribution >= 4 is 5.97 Å². The smallest absolute Gasteiger partial charge is 0.303 e. The summed E-state index contributed by atoms with van der Waals surface area (Å²) < 4.78 is 5.37. The van der Waals surface area contributed by atoms with Gasteiger partial charge in [0.25, 0.3) is 0 Å². The molecule has 0 saturated carbocycles. The van der Waals surface area contributed by atoms with Gasteiger partial charge in [-0.3, -0.25) is 4.79 Å². The lowest BCUT2D eigenvalue weighted by atomic mass is 9.71. The van der Waals surface area contributed by atoms with E-state index in [4.69, 9.17) is 4.74 Å². The maximum Gasteiger partial charge on any atom is 0.303 e. The molecule has 0 heterocycles. The quantitative estimate of drug-likeness (QED) is 0.373. The first-order valence-electron chi connectivity index (χ1n) is 9.27. The van der Waals surface area contributed by atoms with Gasteiger partial charge < -0.3 is 4.74 Å². The lowest BCUT2D eigenvalue weighted by Crippen LogP contribution is -2.27. The van der Waals surface area contributed by atoms with Gasteiger partial charge in [-0.2, -0.15) is 0 Å². The van der Waals surface area contributed by atoms with E-state index in [0.29, 0.717) is 5.41 Å². The Balaban J connectivity index is 2.56. The number of carbonyl (C=O) groups excluding carboxylic acids is 1. The van der Waals surface area contributed by atoms with Gasteiger partial charge in [0.05, 0.1) is 0 Å². The fourth-order valence-corrected chi connectivity index (χ4v) is 3.78. The van der Waals surface area contributed by atoms with Crippen molar-refractivity contribution in [2.45, 2.75) is 92.1 Å². The van der Waals surface area contributed by atoms with Crippen LogP contribution < -0.4 is 0 Å². The molecule has 1 aliphatic rings. The van der Waals surface area contributed by atoms with Gasteiger partial charge in [-0.25, -0.2) is 0 Å². The highest BCUT2D eigenvalue weighted by Gasteiger charge is 2.27. The van der Waals surface area contributed by atoms with Gasteiger partial charge in [0.1, 0.15) is 5.60 Å². The average molecular weight is 333 g/mol. The molecule has 0 saturated heterocycles. The molecule has 0 amide bonds. The molecule has 1 rings (SSSR count). The minimum absolute atomic E-state index is 0.250. The van der Waals surface area contributed by atoms with Crippen LogP contribution in [0.15, 0.2) is 35.5 Å². The summed E-state index contributed by atoms with van der Waals surface area (Å²) in [7, 11) is 0. The van der Waals surface area contributed by atoms with Crippen molar-refractivity contribution in [1.82, 2.24) is 0 Å². The van der Waals surface area contributed by atoms with Crippen molar-refractivity contribution in [2.75, 3.05) is 0 Å². The van der Waals surface area contributed by atoms with E-state index in [-0.39, 0.29) is 5.97 Å². The van der Waals surface area contributed by atoms with Gasteiger partial charge in [0.2, 0.25) is 0 Å². The molecular weight excluding hydrogens is 296 g/mol. The maximum atomic E-state index is 11.2. The monoisotopic (exact) mass is 332 g/mol. The Morgan fingerprint density at radius 3 is 2.58 bits per heavy atom. The number of rotatable bonds is 8. The van der Waals surface area contributed by atoms with Crippen LogP contribution in [-0.4, -0.2) is 11.6 Å². The average Bonchev–Trinajstić information content (AvgIpc) is 2.45. The number of allylic oxidation sites excluding steroid dienone is 4. The van der Waals surface area contributed by atoms with Crippen LogP contribution in [0.5, 0.6) is 0 Å². The molecule has 0 N–H and O–H groups in total. The summed E-state index contributed by atoms with van der Waals surface area (Å²) in [6.45, 7) is 16.5. The number of esters is 1. The minimum Gasteiger partial charge on any atom is -0.455 e. The zero-order valence-electron chi connectivity index (χ0n) is 16.6. The Bertz CT molecular complexity index is 522. The zero-order valence-corrected chi connectivity index (χ0v) is 16.6. The second-order valence-electron chi connectivity index (χ2n) is 8.20. The molecule has 1 unspecified atom stereocenters. The number of hydrogen-bond donors (Lipinski definition) is 0. The zero-order chi connectivity index (χ0) is 18.4. The first kappa shape index (κ1) is 20.7. The highest BCUT2D eigenvalue weighted by molar-refractivity contribution is 5.66. The summed E-state index contributed by atoms with van der Waals surface area (Å²) in [4.78, 5) is 11.2. The van der Waals surface area contributed by atoms with Crippen LogP contribution in [0.25, 0.3) is 0 Å². The van der Waals surface area contributed by atoms with Crippen LogP contribution in [-0.2, 0) is 9.53 Å². The van der Waals surface area contributed by atoms with E-state index < -0.39 is 5.60 Å². The van der Waals surface area contributed by atoms with Gasteiger partial charge >= 0.3 is 5.97 Å². The molecule has 0 aliphatic heterocycles. The van der Waals surface area contributed by atoms with Gasteiger partial charge in [0, 0.05) is 6.92 Å². The number of hydrogen-bond acceptors (Lipinski definition) is 2. The first-order chi connectivity index (χ1) is 11.1. The molecule has 1 aliphatic carbocycles. The molecule has 0 bridgehead atoms. The second-order valence-corrected chi connectivity index (χ2v) is 8.20. The molecular formula is C22H36O2. The molecule has 0 aromatic carbocycles. The Labute approximate surface area is 149 Å². The van der Waals surface area contributed by atoms with Crippen LogP contribution in [0.4, 0.5) is 0 Å². The second kappa shape index (κ2) is 8.69. The lowest BCUT2D eigenvalue weighted by Gasteiger charge is -2.35. The molecule has 0 aromatic heterocycles. The van der Waals surface area contributed by atoms with E-state index >= 15 is 0 Å². The molecule has 24 heavy (non-hydrogen) atoms. The SMILES string of the molecule is C=CC(C)(CC/C=C(\C)CCC1=C(C)CCCC1(C)C)OC(C)=O. The van der Waals surface area contributed by atoms with Crippen molar-refractivity contribution < 1.29 is 9.53 Å². The standard InChI is InChI=1S/C22H36O2/c1-8-22(7,24-19(4)23)16-9-11-17(2)13-14-20-18(3)12-10-15-21(20,5)6/h8,11H,1,9-10,12-16H2,2-7H3/b17-11+. The molecule has 0 radical (unpaired) electrons. The van der Waals surface area contributed by atoms with E-state index in [2.05, 4.69) is 40.3 Å². The molecule has 0 aromatic rings. The highest BCUT2D eigenvalue weighted by Crippen LogP contribution is 2.42. The van der Waals surface area contributed by atoms with Gasteiger partial charge in [0.15, 0.2) is 0 Å². The predicted octanol–water partition coefficient (Wildman–Crippen LogP) is 6.53. The van der Waals surface area contributed by atoms with Crippen molar-refractivity contribution in [3.63, 3.8) is 0 Å². The van der Waals surface area contributed by atoms with E-state index in [1.807, 2.05) is 6.92 Å². The van der Waals surface area contributed by atoms with Crippen LogP contribution in [0.2, 0.25) is 0 Å². The normalized spacial score (nSPS) is 20.5. The molecule has 2 nitrogen and oxygen atoms in total. The van der Waals surface area contributed by atoms with Crippen LogP contribution >= 0.6 is 0 Å². The van der Waals surface area contributed by atoms with Crippen molar-refractivity contribution in [2.24, 2.45) is 5.41 Å². The van der Waals surface area contributed by atoms with E-state index in [0.717, 1.165) is 19.3 Å². The minimum atomic E-state index is -0.562. The summed E-state index contributed by atoms with van der Waals surface area (Å²) in [5.74, 6) is -0.250. The number of ether oxygens (including phenoxy) is 1. The molecule has 1 atom stereocenters. The lowest BCUT2D eigenvalue weighted by molar-refractivity contribution is -0.151. The summed E-state index contributed by atoms with van der Waals surface area (Å²) in [5, 5.41) is 0. The van der Waals surface area contributed by atoms with Gasteiger partial charge in [-0.05, 0) is 77.2 Å². The third-order valence-electron chi connectivity index (χ3n) is 5.40.